The van der Waals surface area contributed by atoms with E-state index in [0.717, 1.165) is 6.66 Å². The van der Waals surface area contributed by atoms with Gasteiger partial charge in [-0.3, -0.25) is 4.57 Å². The van der Waals surface area contributed by atoms with Crippen LogP contribution < -0.4 is 0 Å². The van der Waals surface area contributed by atoms with E-state index in [9.17, 15) is 14.8 Å². The molecule has 3 N–H and O–H groups in total. The van der Waals surface area contributed by atoms with Crippen molar-refractivity contribution in [2.24, 2.45) is 0 Å². The third-order valence-electron chi connectivity index (χ3n) is 2.63. The molecule has 0 aromatic rings. The Balaban J connectivity index is 2.57. The van der Waals surface area contributed by atoms with Gasteiger partial charge in [-0.05, 0) is 6.92 Å². The van der Waals surface area contributed by atoms with Crippen LogP contribution in [0.3, 0.4) is 0 Å². The van der Waals surface area contributed by atoms with Crippen LogP contribution in [0.1, 0.15) is 6.92 Å². The van der Waals surface area contributed by atoms with Crippen LogP contribution in [0.4, 0.5) is 0 Å². The maximum absolute atomic E-state index is 10.9. The van der Waals surface area contributed by atoms with E-state index in [2.05, 4.69) is 4.52 Å². The topological polar surface area (TPSA) is 96.2 Å². The monoisotopic (exact) mass is 238 g/mol. The second-order valence-electron chi connectivity index (χ2n) is 4.09. The summed E-state index contributed by atoms with van der Waals surface area (Å²) < 4.78 is 20.7. The summed E-state index contributed by atoms with van der Waals surface area (Å²) in [5.41, 5.74) is -1.36. The van der Waals surface area contributed by atoms with Gasteiger partial charge < -0.3 is 24.4 Å². The summed E-state index contributed by atoms with van der Waals surface area (Å²) in [6.45, 7) is 2.29. The molecule has 1 rings (SSSR count). The van der Waals surface area contributed by atoms with Gasteiger partial charge >= 0.3 is 7.60 Å². The minimum absolute atomic E-state index is 0.216. The molecule has 0 amide bonds. The number of hydrogen-bond donors (Lipinski definition) is 3. The van der Waals surface area contributed by atoms with Crippen LogP contribution in [0.25, 0.3) is 0 Å². The summed E-state index contributed by atoms with van der Waals surface area (Å²) >= 11 is 0. The summed E-state index contributed by atoms with van der Waals surface area (Å²) in [5.74, 6) is 0. The average Bonchev–Trinajstić information content (AvgIpc) is 2.25. The van der Waals surface area contributed by atoms with E-state index in [1.165, 1.54) is 6.92 Å². The van der Waals surface area contributed by atoms with E-state index in [4.69, 9.17) is 9.63 Å². The predicted octanol–water partition coefficient (Wildman–Crippen LogP) is -1.71. The molecule has 0 radical (unpaired) electrons. The van der Waals surface area contributed by atoms with Gasteiger partial charge in [0, 0.05) is 6.66 Å². The van der Waals surface area contributed by atoms with Crippen LogP contribution in [-0.2, 0) is 13.8 Å². The van der Waals surface area contributed by atoms with Crippen molar-refractivity contribution in [1.29, 1.82) is 0 Å². The molecule has 1 heterocycles. The quantitative estimate of drug-likeness (QED) is 0.400. The van der Waals surface area contributed by atoms with Crippen molar-refractivity contribution in [3.63, 3.8) is 0 Å². The lowest BCUT2D eigenvalue weighted by molar-refractivity contribution is -0.0458. The fourth-order valence-electron chi connectivity index (χ4n) is 1.43. The maximum atomic E-state index is 10.9. The SMILES string of the molecule is B[C@@H]1O[C@H](COP(C)(=O)O)[C@@H](O)[C@@]1(C)O. The number of rotatable bonds is 3. The van der Waals surface area contributed by atoms with Crippen LogP contribution in [0.2, 0.25) is 0 Å². The first-order valence-corrected chi connectivity index (χ1v) is 6.68. The third-order valence-corrected chi connectivity index (χ3v) is 3.26. The van der Waals surface area contributed by atoms with Gasteiger partial charge in [-0.1, -0.05) is 0 Å². The fourth-order valence-corrected chi connectivity index (χ4v) is 1.86. The standard InChI is InChI=1S/C7H16BO6P/c1-7(10)5(9)4(14-6(7)8)3-13-15(2,11)12/h4-6,9-10H,3,8H2,1-2H3,(H,11,12)/t4-,5-,6-,7-/m1/s1. The van der Waals surface area contributed by atoms with Crippen molar-refractivity contribution in [2.75, 3.05) is 13.3 Å². The Morgan fingerprint density at radius 1 is 1.67 bits per heavy atom. The van der Waals surface area contributed by atoms with Crippen molar-refractivity contribution >= 4 is 15.4 Å². The Labute approximate surface area is 89.1 Å². The highest BCUT2D eigenvalue weighted by atomic mass is 31.2. The molecule has 0 aliphatic carbocycles. The third kappa shape index (κ3) is 3.03. The molecule has 1 unspecified atom stereocenters. The van der Waals surface area contributed by atoms with Crippen LogP contribution >= 0.6 is 7.60 Å². The number of aliphatic hydroxyl groups excluding tert-OH is 1. The average molecular weight is 238 g/mol. The minimum Gasteiger partial charge on any atom is -0.387 e. The van der Waals surface area contributed by atoms with Crippen LogP contribution in [0.15, 0.2) is 0 Å². The van der Waals surface area contributed by atoms with Crippen molar-refractivity contribution < 1.29 is 28.9 Å². The summed E-state index contributed by atoms with van der Waals surface area (Å²) in [4.78, 5) is 8.89. The highest BCUT2D eigenvalue weighted by molar-refractivity contribution is 7.51. The molecule has 0 bridgehead atoms. The number of aliphatic hydroxyl groups is 2. The number of hydrogen-bond acceptors (Lipinski definition) is 5. The van der Waals surface area contributed by atoms with Gasteiger partial charge in [-0.25, -0.2) is 0 Å². The van der Waals surface area contributed by atoms with E-state index in [0.29, 0.717) is 0 Å². The Morgan fingerprint density at radius 2 is 2.20 bits per heavy atom. The van der Waals surface area contributed by atoms with E-state index < -0.39 is 31.4 Å². The molecule has 0 aromatic heterocycles. The van der Waals surface area contributed by atoms with Gasteiger partial charge in [-0.2, -0.15) is 0 Å². The predicted molar refractivity (Wildman–Crippen MR) is 55.5 cm³/mol. The van der Waals surface area contributed by atoms with E-state index in [1.54, 1.807) is 7.85 Å². The lowest BCUT2D eigenvalue weighted by atomic mass is 9.82. The lowest BCUT2D eigenvalue weighted by Crippen LogP contribution is -2.46. The summed E-state index contributed by atoms with van der Waals surface area (Å²) in [6, 6.07) is -0.545. The number of ether oxygens (including phenoxy) is 1. The molecule has 88 valence electrons. The zero-order valence-corrected chi connectivity index (χ0v) is 9.85. The highest BCUT2D eigenvalue weighted by Crippen LogP contribution is 2.38. The van der Waals surface area contributed by atoms with Crippen molar-refractivity contribution in [1.82, 2.24) is 0 Å². The molecule has 0 spiro atoms. The summed E-state index contributed by atoms with van der Waals surface area (Å²) in [5, 5.41) is 19.4. The smallest absolute Gasteiger partial charge is 0.325 e. The lowest BCUT2D eigenvalue weighted by Gasteiger charge is -2.24. The molecular formula is C7H16BO6P. The van der Waals surface area contributed by atoms with Crippen LogP contribution in [0, 0.1) is 0 Å². The molecule has 8 heteroatoms. The largest absolute Gasteiger partial charge is 0.387 e. The van der Waals surface area contributed by atoms with Crippen LogP contribution in [0.5, 0.6) is 0 Å². The summed E-state index contributed by atoms with van der Waals surface area (Å²) in [7, 11) is -1.96. The van der Waals surface area contributed by atoms with Crippen molar-refractivity contribution in [3.05, 3.63) is 0 Å². The summed E-state index contributed by atoms with van der Waals surface area (Å²) in [6.07, 6.45) is -1.91. The molecule has 6 nitrogen and oxygen atoms in total. The molecule has 1 aliphatic rings. The second kappa shape index (κ2) is 4.16. The molecule has 15 heavy (non-hydrogen) atoms. The van der Waals surface area contributed by atoms with Gasteiger partial charge in [0.25, 0.3) is 0 Å². The second-order valence-corrected chi connectivity index (χ2v) is 5.95. The maximum Gasteiger partial charge on any atom is 0.325 e. The molecule has 5 atom stereocenters. The minimum atomic E-state index is -3.58. The van der Waals surface area contributed by atoms with Gasteiger partial charge in [0.1, 0.15) is 25.7 Å². The van der Waals surface area contributed by atoms with Gasteiger partial charge in [0.2, 0.25) is 0 Å². The van der Waals surface area contributed by atoms with Gasteiger partial charge in [-0.15, -0.1) is 0 Å². The van der Waals surface area contributed by atoms with Crippen LogP contribution in [-0.4, -0.2) is 60.0 Å². The molecular weight excluding hydrogens is 222 g/mol. The Bertz CT molecular complexity index is 277. The zero-order chi connectivity index (χ0) is 11.9. The van der Waals surface area contributed by atoms with E-state index in [1.807, 2.05) is 0 Å². The zero-order valence-electron chi connectivity index (χ0n) is 8.95. The van der Waals surface area contributed by atoms with Crippen molar-refractivity contribution in [3.8, 4) is 0 Å². The molecule has 0 aromatic carbocycles. The highest BCUT2D eigenvalue weighted by Gasteiger charge is 2.49. The molecule has 1 aliphatic heterocycles. The molecule has 0 saturated carbocycles. The molecule has 1 saturated heterocycles. The Morgan fingerprint density at radius 3 is 2.53 bits per heavy atom. The van der Waals surface area contributed by atoms with Gasteiger partial charge in [0.15, 0.2) is 0 Å². The Kier molecular flexibility index (Phi) is 3.65. The first-order valence-electron chi connectivity index (χ1n) is 4.65. The fraction of sp³-hybridized carbons (Fsp3) is 1.00. The van der Waals surface area contributed by atoms with E-state index in [-0.39, 0.29) is 6.61 Å². The normalized spacial score (nSPS) is 45.3. The van der Waals surface area contributed by atoms with Crippen molar-refractivity contribution in [2.45, 2.75) is 30.7 Å². The first kappa shape index (κ1) is 13.2. The molecule has 1 fully saturated rings. The van der Waals surface area contributed by atoms with E-state index >= 15 is 0 Å². The Hall–Kier alpha value is 0.0949. The van der Waals surface area contributed by atoms with Gasteiger partial charge in [0.05, 0.1) is 12.6 Å². The first-order chi connectivity index (χ1) is 6.64.